The molecule has 0 saturated carbocycles. The summed E-state index contributed by atoms with van der Waals surface area (Å²) in [7, 11) is 1.79. The maximum absolute atomic E-state index is 12.7. The number of aromatic nitrogens is 2. The zero-order chi connectivity index (χ0) is 17.1. The Kier molecular flexibility index (Phi) is 4.92. The van der Waals surface area contributed by atoms with Gasteiger partial charge in [-0.15, -0.1) is 11.3 Å². The lowest BCUT2D eigenvalue weighted by molar-refractivity contribution is 0.0789. The van der Waals surface area contributed by atoms with Crippen LogP contribution in [0.5, 0.6) is 0 Å². The lowest BCUT2D eigenvalue weighted by Gasteiger charge is -2.16. The second-order valence-corrected chi connectivity index (χ2v) is 6.90. The van der Waals surface area contributed by atoms with Crippen molar-refractivity contribution in [1.29, 1.82) is 0 Å². The van der Waals surface area contributed by atoms with Crippen molar-refractivity contribution in [2.24, 2.45) is 0 Å². The van der Waals surface area contributed by atoms with Crippen molar-refractivity contribution in [1.82, 2.24) is 14.9 Å². The van der Waals surface area contributed by atoms with Gasteiger partial charge in [0.25, 0.3) is 5.91 Å². The first kappa shape index (κ1) is 16.6. The summed E-state index contributed by atoms with van der Waals surface area (Å²) in [6.07, 6.45) is 3.48. The summed E-state index contributed by atoms with van der Waals surface area (Å²) in [5, 5.41) is 1.45. The molecule has 1 amide bonds. The lowest BCUT2D eigenvalue weighted by atomic mass is 10.2. The number of nitrogens with zero attached hydrogens (tertiary/aromatic N) is 3. The number of carbonyl (C=O) groups excluding carboxylic acids is 1. The Morgan fingerprint density at radius 1 is 1.29 bits per heavy atom. The van der Waals surface area contributed by atoms with E-state index in [1.54, 1.807) is 24.3 Å². The number of carbonyl (C=O) groups is 1. The Morgan fingerprint density at radius 2 is 2.12 bits per heavy atom. The van der Waals surface area contributed by atoms with Gasteiger partial charge in [0.15, 0.2) is 0 Å². The number of hydrogen-bond acceptors (Lipinski definition) is 4. The quantitative estimate of drug-likeness (QED) is 0.693. The maximum atomic E-state index is 12.7. The number of pyridine rings is 1. The normalized spacial score (nSPS) is 10.6. The molecule has 0 aliphatic heterocycles. The molecule has 0 spiro atoms. The first-order valence-electron chi connectivity index (χ1n) is 7.42. The highest BCUT2D eigenvalue weighted by atomic mass is 35.5. The highest BCUT2D eigenvalue weighted by Crippen LogP contribution is 2.30. The molecule has 0 aliphatic rings. The van der Waals surface area contributed by atoms with Crippen molar-refractivity contribution < 1.29 is 4.79 Å². The van der Waals surface area contributed by atoms with Gasteiger partial charge in [-0.1, -0.05) is 29.8 Å². The van der Waals surface area contributed by atoms with Crippen molar-refractivity contribution in [2.45, 2.75) is 13.5 Å². The lowest BCUT2D eigenvalue weighted by Crippen LogP contribution is -2.26. The summed E-state index contributed by atoms with van der Waals surface area (Å²) in [6.45, 7) is 2.37. The fourth-order valence-corrected chi connectivity index (χ4v) is 3.60. The number of hydrogen-bond donors (Lipinski definition) is 0. The highest BCUT2D eigenvalue weighted by molar-refractivity contribution is 7.17. The largest absolute Gasteiger partial charge is 0.337 e. The number of benzene rings is 1. The molecule has 0 radical (unpaired) electrons. The third-order valence-electron chi connectivity index (χ3n) is 3.55. The van der Waals surface area contributed by atoms with Crippen molar-refractivity contribution in [3.05, 3.63) is 69.9 Å². The predicted octanol–water partition coefficient (Wildman–Crippen LogP) is 4.44. The van der Waals surface area contributed by atoms with E-state index in [0.29, 0.717) is 16.4 Å². The van der Waals surface area contributed by atoms with Crippen molar-refractivity contribution in [2.75, 3.05) is 7.05 Å². The van der Waals surface area contributed by atoms with E-state index in [-0.39, 0.29) is 5.91 Å². The van der Waals surface area contributed by atoms with Gasteiger partial charge in [0.1, 0.15) is 9.88 Å². The van der Waals surface area contributed by atoms with E-state index in [1.807, 2.05) is 43.3 Å². The molecule has 0 atom stereocenters. The Morgan fingerprint density at radius 3 is 2.83 bits per heavy atom. The van der Waals surface area contributed by atoms with Crippen LogP contribution in [-0.2, 0) is 6.54 Å². The molecule has 0 N–H and O–H groups in total. The van der Waals surface area contributed by atoms with Crippen LogP contribution in [0, 0.1) is 6.92 Å². The average Bonchev–Trinajstić information content (AvgIpc) is 2.97. The molecule has 0 unspecified atom stereocenters. The van der Waals surface area contributed by atoms with Crippen LogP contribution in [0.25, 0.3) is 10.6 Å². The monoisotopic (exact) mass is 357 g/mol. The first-order chi connectivity index (χ1) is 11.5. The Balaban J connectivity index is 1.83. The Hall–Kier alpha value is -2.24. The van der Waals surface area contributed by atoms with Gasteiger partial charge in [-0.25, -0.2) is 4.98 Å². The Bertz CT molecular complexity index is 864. The number of aryl methyl sites for hydroxylation is 1. The molecular weight excluding hydrogens is 342 g/mol. The van der Waals surface area contributed by atoms with Gasteiger partial charge in [-0.2, -0.15) is 0 Å². The van der Waals surface area contributed by atoms with E-state index in [1.165, 1.54) is 11.3 Å². The van der Waals surface area contributed by atoms with Crippen molar-refractivity contribution in [3.8, 4) is 10.6 Å². The number of halogens is 1. The maximum Gasteiger partial charge on any atom is 0.265 e. The van der Waals surface area contributed by atoms with Gasteiger partial charge in [0, 0.05) is 36.6 Å². The molecule has 0 aliphatic carbocycles. The molecule has 24 heavy (non-hydrogen) atoms. The third-order valence-corrected chi connectivity index (χ3v) is 4.98. The fourth-order valence-electron chi connectivity index (χ4n) is 2.35. The van der Waals surface area contributed by atoms with E-state index in [9.17, 15) is 4.79 Å². The van der Waals surface area contributed by atoms with Crippen LogP contribution in [0.15, 0.2) is 48.8 Å². The Labute approximate surface area is 149 Å². The molecule has 0 bridgehead atoms. The molecule has 0 fully saturated rings. The zero-order valence-electron chi connectivity index (χ0n) is 13.4. The van der Waals surface area contributed by atoms with Gasteiger partial charge in [0.05, 0.1) is 5.69 Å². The summed E-state index contributed by atoms with van der Waals surface area (Å²) in [5.74, 6) is -0.0397. The predicted molar refractivity (Wildman–Crippen MR) is 97.3 cm³/mol. The standard InChI is InChI=1S/C18H16ClN3OS/c1-12-16(18(23)22(2)11-13-5-4-8-20-10-13)24-17(21-12)14-6-3-7-15(19)9-14/h3-10H,11H2,1-2H3. The summed E-state index contributed by atoms with van der Waals surface area (Å²) >= 11 is 7.43. The summed E-state index contributed by atoms with van der Waals surface area (Å²) < 4.78 is 0. The smallest absolute Gasteiger partial charge is 0.265 e. The molecule has 2 aromatic heterocycles. The van der Waals surface area contributed by atoms with Crippen LogP contribution in [-0.4, -0.2) is 27.8 Å². The van der Waals surface area contributed by atoms with Crippen LogP contribution in [0.1, 0.15) is 20.9 Å². The second-order valence-electron chi connectivity index (χ2n) is 5.47. The fraction of sp³-hybridized carbons (Fsp3) is 0.167. The molecule has 2 heterocycles. The second kappa shape index (κ2) is 7.11. The first-order valence-corrected chi connectivity index (χ1v) is 8.62. The van der Waals surface area contributed by atoms with Gasteiger partial charge < -0.3 is 4.90 Å². The molecule has 6 heteroatoms. The van der Waals surface area contributed by atoms with Crippen LogP contribution >= 0.6 is 22.9 Å². The van der Waals surface area contributed by atoms with E-state index in [2.05, 4.69) is 9.97 Å². The van der Waals surface area contributed by atoms with Crippen LogP contribution in [0.2, 0.25) is 5.02 Å². The molecule has 3 rings (SSSR count). The van der Waals surface area contributed by atoms with Gasteiger partial charge >= 0.3 is 0 Å². The minimum absolute atomic E-state index is 0.0397. The van der Waals surface area contributed by atoms with Crippen molar-refractivity contribution >= 4 is 28.8 Å². The van der Waals surface area contributed by atoms with Crippen LogP contribution in [0.3, 0.4) is 0 Å². The summed E-state index contributed by atoms with van der Waals surface area (Å²) in [6, 6.07) is 11.3. The third kappa shape index (κ3) is 3.63. The van der Waals surface area contributed by atoms with E-state index in [0.717, 1.165) is 21.8 Å². The molecule has 1 aromatic carbocycles. The molecule has 4 nitrogen and oxygen atoms in total. The number of thiazole rings is 1. The van der Waals surface area contributed by atoms with Crippen LogP contribution in [0.4, 0.5) is 0 Å². The van der Waals surface area contributed by atoms with Gasteiger partial charge in [-0.05, 0) is 30.7 Å². The van der Waals surface area contributed by atoms with Gasteiger partial charge in [0.2, 0.25) is 0 Å². The number of amides is 1. The molecule has 122 valence electrons. The van der Waals surface area contributed by atoms with Crippen molar-refractivity contribution in [3.63, 3.8) is 0 Å². The van der Waals surface area contributed by atoms with Gasteiger partial charge in [-0.3, -0.25) is 9.78 Å². The minimum Gasteiger partial charge on any atom is -0.337 e. The van der Waals surface area contributed by atoms with Crippen LogP contribution < -0.4 is 0 Å². The van der Waals surface area contributed by atoms with E-state index >= 15 is 0 Å². The minimum atomic E-state index is -0.0397. The van der Waals surface area contributed by atoms with E-state index in [4.69, 9.17) is 11.6 Å². The topological polar surface area (TPSA) is 46.1 Å². The summed E-state index contributed by atoms with van der Waals surface area (Å²) in [5.41, 5.74) is 2.65. The molecular formula is C18H16ClN3OS. The highest BCUT2D eigenvalue weighted by Gasteiger charge is 2.20. The molecule has 3 aromatic rings. The molecule has 0 saturated heterocycles. The average molecular weight is 358 g/mol. The summed E-state index contributed by atoms with van der Waals surface area (Å²) in [4.78, 5) is 23.7. The number of rotatable bonds is 4. The van der Waals surface area contributed by atoms with E-state index < -0.39 is 0 Å². The zero-order valence-corrected chi connectivity index (χ0v) is 14.9. The SMILES string of the molecule is Cc1nc(-c2cccc(Cl)c2)sc1C(=O)N(C)Cc1cccnc1.